The second-order valence-corrected chi connectivity index (χ2v) is 5.52. The van der Waals surface area contributed by atoms with Gasteiger partial charge in [-0.2, -0.15) is 18.3 Å². The number of pyridine rings is 2. The number of hydrogen-bond donors (Lipinski definition) is 1. The van der Waals surface area contributed by atoms with Crippen LogP contribution in [0.15, 0.2) is 30.6 Å². The number of rotatable bonds is 4. The molecule has 0 bridgehead atoms. The van der Waals surface area contributed by atoms with Crippen LogP contribution in [0.5, 0.6) is 0 Å². The van der Waals surface area contributed by atoms with E-state index in [1.54, 1.807) is 12.1 Å². The van der Waals surface area contributed by atoms with Crippen molar-refractivity contribution in [3.05, 3.63) is 41.9 Å². The summed E-state index contributed by atoms with van der Waals surface area (Å²) in [6.07, 6.45) is -1.66. The molecule has 0 radical (unpaired) electrons. The van der Waals surface area contributed by atoms with Crippen molar-refractivity contribution in [2.45, 2.75) is 26.1 Å². The highest BCUT2D eigenvalue weighted by Gasteiger charge is 2.35. The van der Waals surface area contributed by atoms with E-state index in [2.05, 4.69) is 15.1 Å². The average Bonchev–Trinajstić information content (AvgIpc) is 2.88. The molecule has 0 saturated heterocycles. The Morgan fingerprint density at radius 2 is 2.12 bits per heavy atom. The van der Waals surface area contributed by atoms with Gasteiger partial charge in [0, 0.05) is 24.4 Å². The number of carbonyl (C=O) groups is 1. The number of nitrogens with two attached hydrogens (primary N) is 1. The van der Waals surface area contributed by atoms with Crippen LogP contribution in [0.1, 0.15) is 17.7 Å². The van der Waals surface area contributed by atoms with Gasteiger partial charge in [-0.25, -0.2) is 9.67 Å². The Balaban J connectivity index is 2.26. The minimum Gasteiger partial charge on any atom is -0.370 e. The van der Waals surface area contributed by atoms with Crippen molar-refractivity contribution in [3.63, 3.8) is 0 Å². The Morgan fingerprint density at radius 3 is 2.72 bits per heavy atom. The van der Waals surface area contributed by atoms with Gasteiger partial charge in [-0.1, -0.05) is 0 Å². The number of aryl methyl sites for hydroxylation is 2. The fourth-order valence-corrected chi connectivity index (χ4v) is 2.61. The Morgan fingerprint density at radius 1 is 1.36 bits per heavy atom. The molecule has 1 amide bonds. The van der Waals surface area contributed by atoms with E-state index in [0.29, 0.717) is 5.56 Å². The highest BCUT2D eigenvalue weighted by atomic mass is 19.4. The monoisotopic (exact) mass is 349 g/mol. The number of alkyl halides is 3. The molecule has 0 aliphatic heterocycles. The van der Waals surface area contributed by atoms with Gasteiger partial charge in [0.15, 0.2) is 5.65 Å². The maximum absolute atomic E-state index is 13.6. The van der Waals surface area contributed by atoms with Crippen LogP contribution in [0.25, 0.3) is 22.3 Å². The third kappa shape index (κ3) is 3.30. The Bertz CT molecular complexity index is 934. The first kappa shape index (κ1) is 16.9. The quantitative estimate of drug-likeness (QED) is 0.784. The summed E-state index contributed by atoms with van der Waals surface area (Å²) in [7, 11) is 0. The lowest BCUT2D eigenvalue weighted by molar-refractivity contribution is -0.136. The smallest absolute Gasteiger partial charge is 0.370 e. The minimum absolute atomic E-state index is 0.0453. The number of halogens is 3. The lowest BCUT2D eigenvalue weighted by atomic mass is 10.1. The van der Waals surface area contributed by atoms with Gasteiger partial charge in [-0.05, 0) is 25.1 Å². The zero-order valence-corrected chi connectivity index (χ0v) is 13.2. The van der Waals surface area contributed by atoms with Gasteiger partial charge in [0.1, 0.15) is 0 Å². The van der Waals surface area contributed by atoms with Crippen molar-refractivity contribution in [1.82, 2.24) is 19.7 Å². The van der Waals surface area contributed by atoms with Crippen LogP contribution in [0, 0.1) is 6.92 Å². The van der Waals surface area contributed by atoms with Gasteiger partial charge in [0.2, 0.25) is 5.91 Å². The van der Waals surface area contributed by atoms with E-state index in [0.717, 1.165) is 6.07 Å². The molecule has 0 aromatic carbocycles. The summed E-state index contributed by atoms with van der Waals surface area (Å²) in [4.78, 5) is 19.2. The molecule has 2 N–H and O–H groups in total. The molecule has 0 spiro atoms. The van der Waals surface area contributed by atoms with Gasteiger partial charge >= 0.3 is 6.18 Å². The van der Waals surface area contributed by atoms with E-state index in [1.807, 2.05) is 0 Å². The Hall–Kier alpha value is -2.97. The first-order valence-electron chi connectivity index (χ1n) is 7.41. The molecule has 25 heavy (non-hydrogen) atoms. The highest BCUT2D eigenvalue weighted by molar-refractivity contribution is 5.86. The average molecular weight is 349 g/mol. The van der Waals surface area contributed by atoms with Crippen LogP contribution < -0.4 is 5.73 Å². The largest absolute Gasteiger partial charge is 0.417 e. The number of aromatic nitrogens is 4. The lowest BCUT2D eigenvalue weighted by Gasteiger charge is -2.11. The Kier molecular flexibility index (Phi) is 4.15. The number of fused-ring (bicyclic) bond motifs is 1. The number of nitrogens with zero attached hydrogens (tertiary/aromatic N) is 4. The molecule has 9 heteroatoms. The minimum atomic E-state index is -4.57. The van der Waals surface area contributed by atoms with Crippen molar-refractivity contribution in [1.29, 1.82) is 0 Å². The molecule has 0 fully saturated rings. The number of carbonyl (C=O) groups excluding carboxylic acids is 1. The molecule has 0 aliphatic carbocycles. The molecule has 130 valence electrons. The molecule has 6 nitrogen and oxygen atoms in total. The molecule has 3 aromatic heterocycles. The molecule has 3 rings (SSSR count). The summed E-state index contributed by atoms with van der Waals surface area (Å²) in [5.41, 5.74) is 5.14. The number of hydrogen-bond acceptors (Lipinski definition) is 4. The van der Waals surface area contributed by atoms with Crippen LogP contribution in [0.2, 0.25) is 0 Å². The van der Waals surface area contributed by atoms with Crippen molar-refractivity contribution in [2.75, 3.05) is 0 Å². The molecular formula is C16H14F3N5O. The van der Waals surface area contributed by atoms with Crippen molar-refractivity contribution in [2.24, 2.45) is 5.73 Å². The molecule has 0 unspecified atom stereocenters. The second kappa shape index (κ2) is 6.15. The zero-order chi connectivity index (χ0) is 18.2. The fraction of sp³-hybridized carbons (Fsp3) is 0.250. The van der Waals surface area contributed by atoms with Gasteiger partial charge < -0.3 is 5.73 Å². The lowest BCUT2D eigenvalue weighted by Crippen LogP contribution is -2.15. The SMILES string of the molecule is Cc1nn(CCC(N)=O)c2nc(-c3cccnc3)cc(C(F)(F)F)c12. The zero-order valence-electron chi connectivity index (χ0n) is 13.2. The van der Waals surface area contributed by atoms with E-state index in [-0.39, 0.29) is 35.4 Å². The van der Waals surface area contributed by atoms with E-state index in [4.69, 9.17) is 5.73 Å². The fourth-order valence-electron chi connectivity index (χ4n) is 2.61. The van der Waals surface area contributed by atoms with Gasteiger partial charge in [0.25, 0.3) is 0 Å². The molecular weight excluding hydrogens is 335 g/mol. The van der Waals surface area contributed by atoms with Crippen LogP contribution >= 0.6 is 0 Å². The summed E-state index contributed by atoms with van der Waals surface area (Å²) < 4.78 is 42.0. The maximum Gasteiger partial charge on any atom is 0.417 e. The molecule has 0 aliphatic rings. The highest BCUT2D eigenvalue weighted by Crippen LogP contribution is 2.38. The first-order chi connectivity index (χ1) is 11.8. The molecule has 0 atom stereocenters. The topological polar surface area (TPSA) is 86.7 Å². The van der Waals surface area contributed by atoms with Crippen LogP contribution in [-0.2, 0) is 17.5 Å². The Labute approximate surface area is 140 Å². The van der Waals surface area contributed by atoms with Crippen LogP contribution in [0.3, 0.4) is 0 Å². The predicted octanol–water partition coefficient (Wildman–Crippen LogP) is 2.70. The summed E-state index contributed by atoms with van der Waals surface area (Å²) in [5, 5.41) is 4.02. The third-order valence-corrected chi connectivity index (χ3v) is 3.71. The van der Waals surface area contributed by atoms with Crippen LogP contribution in [-0.4, -0.2) is 25.7 Å². The van der Waals surface area contributed by atoms with Gasteiger partial charge in [-0.15, -0.1) is 0 Å². The van der Waals surface area contributed by atoms with Crippen molar-refractivity contribution < 1.29 is 18.0 Å². The second-order valence-electron chi connectivity index (χ2n) is 5.52. The molecule has 3 aromatic rings. The normalized spacial score (nSPS) is 11.8. The third-order valence-electron chi connectivity index (χ3n) is 3.71. The summed E-state index contributed by atoms with van der Waals surface area (Å²) in [6.45, 7) is 1.53. The standard InChI is InChI=1S/C16H14F3N5O/c1-9-14-11(16(17,18)19)7-12(10-3-2-5-21-8-10)22-15(14)24(23-9)6-4-13(20)25/h2-3,5,7-8H,4,6H2,1H3,(H2,20,25). The molecule has 0 saturated carbocycles. The summed E-state index contributed by atoms with van der Waals surface area (Å²) >= 11 is 0. The number of primary amides is 1. The summed E-state index contributed by atoms with van der Waals surface area (Å²) in [5.74, 6) is -0.569. The predicted molar refractivity (Wildman–Crippen MR) is 84.3 cm³/mol. The molecule has 3 heterocycles. The van der Waals surface area contributed by atoms with E-state index >= 15 is 0 Å². The van der Waals surface area contributed by atoms with Gasteiger partial charge in [0.05, 0.1) is 28.9 Å². The van der Waals surface area contributed by atoms with Gasteiger partial charge in [-0.3, -0.25) is 9.78 Å². The first-order valence-corrected chi connectivity index (χ1v) is 7.41. The van der Waals surface area contributed by atoms with E-state index < -0.39 is 17.6 Å². The van der Waals surface area contributed by atoms with Crippen molar-refractivity contribution >= 4 is 16.9 Å². The van der Waals surface area contributed by atoms with Crippen molar-refractivity contribution in [3.8, 4) is 11.3 Å². The van der Waals surface area contributed by atoms with Crippen LogP contribution in [0.4, 0.5) is 13.2 Å². The maximum atomic E-state index is 13.6. The number of amides is 1. The van der Waals surface area contributed by atoms with E-state index in [9.17, 15) is 18.0 Å². The summed E-state index contributed by atoms with van der Waals surface area (Å²) in [6, 6.07) is 4.23. The van der Waals surface area contributed by atoms with E-state index in [1.165, 1.54) is 24.0 Å².